The summed E-state index contributed by atoms with van der Waals surface area (Å²) in [6.45, 7) is 6.31. The number of rotatable bonds is 3. The van der Waals surface area contributed by atoms with E-state index in [1.54, 1.807) is 17.7 Å². The van der Waals surface area contributed by atoms with Crippen LogP contribution in [0.5, 0.6) is 0 Å². The maximum Gasteiger partial charge on any atom is 0.141 e. The van der Waals surface area contributed by atoms with Crippen LogP contribution in [0.3, 0.4) is 0 Å². The van der Waals surface area contributed by atoms with E-state index in [4.69, 9.17) is 0 Å². The third-order valence-corrected chi connectivity index (χ3v) is 5.33. The van der Waals surface area contributed by atoms with Crippen LogP contribution in [-0.2, 0) is 0 Å². The summed E-state index contributed by atoms with van der Waals surface area (Å²) in [4.78, 5) is 13.3. The second-order valence-corrected chi connectivity index (χ2v) is 6.70. The summed E-state index contributed by atoms with van der Waals surface area (Å²) >= 11 is 1.69. The van der Waals surface area contributed by atoms with Crippen molar-refractivity contribution in [2.45, 2.75) is 26.8 Å². The minimum absolute atomic E-state index is 0.0957. The monoisotopic (exact) mass is 315 g/mol. The van der Waals surface area contributed by atoms with Gasteiger partial charge >= 0.3 is 0 Å². The van der Waals surface area contributed by atoms with Gasteiger partial charge < -0.3 is 4.90 Å². The Morgan fingerprint density at radius 2 is 1.82 bits per heavy atom. The molecule has 0 bridgehead atoms. The van der Waals surface area contributed by atoms with E-state index in [0.29, 0.717) is 0 Å². The summed E-state index contributed by atoms with van der Waals surface area (Å²) in [5.41, 5.74) is 2.29. The zero-order valence-electron chi connectivity index (χ0n) is 13.1. The standard InChI is InChI=1S/C17H18FN3S/c1-10-12(3)22-17-15(10)16(19-9-20-17)21(4)11(2)13-5-7-14(18)8-6-13/h5-9,11H,1-4H3. The molecule has 0 aliphatic rings. The molecule has 22 heavy (non-hydrogen) atoms. The summed E-state index contributed by atoms with van der Waals surface area (Å²) in [7, 11) is 2.02. The predicted molar refractivity (Wildman–Crippen MR) is 90.1 cm³/mol. The van der Waals surface area contributed by atoms with Crippen molar-refractivity contribution < 1.29 is 4.39 Å². The number of aromatic nitrogens is 2. The lowest BCUT2D eigenvalue weighted by molar-refractivity contribution is 0.625. The molecular formula is C17H18FN3S. The second kappa shape index (κ2) is 5.65. The molecule has 0 N–H and O–H groups in total. The highest BCUT2D eigenvalue weighted by Crippen LogP contribution is 2.36. The molecule has 0 fully saturated rings. The van der Waals surface area contributed by atoms with Crippen molar-refractivity contribution in [1.29, 1.82) is 0 Å². The number of hydrogen-bond donors (Lipinski definition) is 0. The number of fused-ring (bicyclic) bond motifs is 1. The molecule has 114 valence electrons. The van der Waals surface area contributed by atoms with Gasteiger partial charge in [0.25, 0.3) is 0 Å². The molecular weight excluding hydrogens is 297 g/mol. The Bertz CT molecular complexity index is 811. The predicted octanol–water partition coefficient (Wildman–Crippen LogP) is 4.64. The Hall–Kier alpha value is -2.01. The first-order chi connectivity index (χ1) is 10.5. The van der Waals surface area contributed by atoms with Gasteiger partial charge in [0.05, 0.1) is 11.4 Å². The van der Waals surface area contributed by atoms with E-state index in [1.807, 2.05) is 19.2 Å². The first-order valence-electron chi connectivity index (χ1n) is 7.18. The van der Waals surface area contributed by atoms with Crippen molar-refractivity contribution >= 4 is 27.4 Å². The molecule has 5 heteroatoms. The van der Waals surface area contributed by atoms with Gasteiger partial charge in [0.15, 0.2) is 0 Å². The number of aryl methyl sites for hydroxylation is 2. The van der Waals surface area contributed by atoms with Crippen molar-refractivity contribution in [2.24, 2.45) is 0 Å². The Morgan fingerprint density at radius 1 is 1.14 bits per heavy atom. The van der Waals surface area contributed by atoms with E-state index in [9.17, 15) is 4.39 Å². The molecule has 3 rings (SSSR count). The molecule has 1 atom stereocenters. The van der Waals surface area contributed by atoms with Crippen molar-refractivity contribution in [3.05, 3.63) is 52.4 Å². The lowest BCUT2D eigenvalue weighted by Gasteiger charge is -2.27. The zero-order valence-corrected chi connectivity index (χ0v) is 13.9. The number of anilines is 1. The highest BCUT2D eigenvalue weighted by Gasteiger charge is 2.19. The van der Waals surface area contributed by atoms with Crippen molar-refractivity contribution in [1.82, 2.24) is 9.97 Å². The summed E-state index contributed by atoms with van der Waals surface area (Å²) in [6.07, 6.45) is 1.61. The van der Waals surface area contributed by atoms with Gasteiger partial charge in [-0.2, -0.15) is 0 Å². The van der Waals surface area contributed by atoms with E-state index in [0.717, 1.165) is 21.6 Å². The SMILES string of the molecule is Cc1sc2ncnc(N(C)C(C)c3ccc(F)cc3)c2c1C. The van der Waals surface area contributed by atoms with Gasteiger partial charge in [-0.15, -0.1) is 11.3 Å². The molecule has 3 nitrogen and oxygen atoms in total. The highest BCUT2D eigenvalue weighted by molar-refractivity contribution is 7.18. The topological polar surface area (TPSA) is 29.0 Å². The maximum atomic E-state index is 13.1. The molecule has 2 aromatic heterocycles. The highest BCUT2D eigenvalue weighted by atomic mass is 32.1. The van der Waals surface area contributed by atoms with Gasteiger partial charge in [0, 0.05) is 11.9 Å². The van der Waals surface area contributed by atoms with Crippen LogP contribution in [0.15, 0.2) is 30.6 Å². The molecule has 3 aromatic rings. The first kappa shape index (κ1) is 14.9. The van der Waals surface area contributed by atoms with E-state index in [1.165, 1.54) is 22.6 Å². The van der Waals surface area contributed by atoms with Crippen LogP contribution in [0.1, 0.15) is 29.0 Å². The Labute approximate surface area is 133 Å². The third-order valence-electron chi connectivity index (χ3n) is 4.21. The normalized spacial score (nSPS) is 12.6. The molecule has 0 saturated heterocycles. The summed E-state index contributed by atoms with van der Waals surface area (Å²) in [5.74, 6) is 0.705. The zero-order chi connectivity index (χ0) is 15.9. The molecule has 0 amide bonds. The van der Waals surface area contributed by atoms with E-state index >= 15 is 0 Å². The molecule has 0 aliphatic carbocycles. The smallest absolute Gasteiger partial charge is 0.141 e. The summed E-state index contributed by atoms with van der Waals surface area (Å²) < 4.78 is 13.1. The van der Waals surface area contributed by atoms with Crippen LogP contribution in [0.4, 0.5) is 10.2 Å². The minimum atomic E-state index is -0.215. The molecule has 0 saturated carbocycles. The van der Waals surface area contributed by atoms with Gasteiger partial charge in [-0.1, -0.05) is 12.1 Å². The van der Waals surface area contributed by atoms with Crippen molar-refractivity contribution in [3.63, 3.8) is 0 Å². The van der Waals surface area contributed by atoms with Gasteiger partial charge in [-0.25, -0.2) is 14.4 Å². The maximum absolute atomic E-state index is 13.1. The number of benzene rings is 1. The molecule has 1 aromatic carbocycles. The van der Waals surface area contributed by atoms with E-state index in [-0.39, 0.29) is 11.9 Å². The quantitative estimate of drug-likeness (QED) is 0.705. The minimum Gasteiger partial charge on any atom is -0.352 e. The third kappa shape index (κ3) is 2.46. The fourth-order valence-corrected chi connectivity index (χ4v) is 3.57. The lowest BCUT2D eigenvalue weighted by atomic mass is 10.1. The molecule has 0 spiro atoms. The molecule has 0 aliphatic heterocycles. The van der Waals surface area contributed by atoms with Gasteiger partial charge in [0.2, 0.25) is 0 Å². The largest absolute Gasteiger partial charge is 0.352 e. The fraction of sp³-hybridized carbons (Fsp3) is 0.294. The first-order valence-corrected chi connectivity index (χ1v) is 7.99. The average molecular weight is 315 g/mol. The molecule has 1 unspecified atom stereocenters. The van der Waals surface area contributed by atoms with Gasteiger partial charge in [-0.3, -0.25) is 0 Å². The van der Waals surface area contributed by atoms with Crippen LogP contribution < -0.4 is 4.90 Å². The van der Waals surface area contributed by atoms with Crippen LogP contribution >= 0.6 is 11.3 Å². The van der Waals surface area contributed by atoms with E-state index < -0.39 is 0 Å². The second-order valence-electron chi connectivity index (χ2n) is 5.50. The molecule has 2 heterocycles. The van der Waals surface area contributed by atoms with Crippen molar-refractivity contribution in [3.8, 4) is 0 Å². The number of hydrogen-bond acceptors (Lipinski definition) is 4. The average Bonchev–Trinajstić information content (AvgIpc) is 2.81. The lowest BCUT2D eigenvalue weighted by Crippen LogP contribution is -2.23. The van der Waals surface area contributed by atoms with Crippen LogP contribution in [0, 0.1) is 19.7 Å². The number of thiophene rings is 1. The summed E-state index contributed by atoms with van der Waals surface area (Å²) in [5, 5.41) is 1.11. The van der Waals surface area contributed by atoms with Crippen LogP contribution in [0.25, 0.3) is 10.2 Å². The fourth-order valence-electron chi connectivity index (χ4n) is 2.58. The van der Waals surface area contributed by atoms with Crippen molar-refractivity contribution in [2.75, 3.05) is 11.9 Å². The molecule has 0 radical (unpaired) electrons. The Kier molecular flexibility index (Phi) is 3.83. The number of halogens is 1. The number of nitrogens with zero attached hydrogens (tertiary/aromatic N) is 3. The van der Waals surface area contributed by atoms with Gasteiger partial charge in [-0.05, 0) is 44.0 Å². The summed E-state index contributed by atoms with van der Waals surface area (Å²) in [6, 6.07) is 6.73. The van der Waals surface area contributed by atoms with E-state index in [2.05, 4.69) is 35.6 Å². The Morgan fingerprint density at radius 3 is 2.50 bits per heavy atom. The van der Waals surface area contributed by atoms with Gasteiger partial charge in [0.1, 0.15) is 22.8 Å². The Balaban J connectivity index is 2.05. The van der Waals surface area contributed by atoms with Crippen LogP contribution in [0.2, 0.25) is 0 Å². The van der Waals surface area contributed by atoms with Crippen LogP contribution in [-0.4, -0.2) is 17.0 Å².